The Balaban J connectivity index is 2.44. The average molecular weight is 354 g/mol. The van der Waals surface area contributed by atoms with Crippen molar-refractivity contribution >= 4 is 32.5 Å². The molecule has 112 valence electrons. The van der Waals surface area contributed by atoms with Gasteiger partial charge in [0.05, 0.1) is 22.2 Å². The molecular formula is C14H16BrN3O3. The topological polar surface area (TPSA) is 78.0 Å². The maximum Gasteiger partial charge on any atom is 0.270 e. The number of hydrogen-bond acceptors (Lipinski definition) is 4. The van der Waals surface area contributed by atoms with Gasteiger partial charge in [-0.2, -0.15) is 0 Å². The number of fused-ring (bicyclic) bond motifs is 1. The first-order valence-electron chi connectivity index (χ1n) is 6.76. The molecule has 0 fully saturated rings. The Morgan fingerprint density at radius 3 is 2.86 bits per heavy atom. The van der Waals surface area contributed by atoms with Gasteiger partial charge in [0, 0.05) is 24.0 Å². The molecule has 7 heteroatoms. The molecule has 1 aromatic heterocycles. The molecule has 0 aliphatic carbocycles. The highest BCUT2D eigenvalue weighted by molar-refractivity contribution is 9.09. The Kier molecular flexibility index (Phi) is 5.06. The fourth-order valence-electron chi connectivity index (χ4n) is 2.29. The summed E-state index contributed by atoms with van der Waals surface area (Å²) in [5.74, 6) is 0.339. The second-order valence-corrected chi connectivity index (χ2v) is 5.62. The van der Waals surface area contributed by atoms with E-state index in [1.807, 2.05) is 0 Å². The summed E-state index contributed by atoms with van der Waals surface area (Å²) in [6, 6.07) is 4.16. The summed E-state index contributed by atoms with van der Waals surface area (Å²) in [6.45, 7) is 2.66. The zero-order chi connectivity index (χ0) is 15.4. The first-order chi connectivity index (χ1) is 10.1. The first-order valence-corrected chi connectivity index (χ1v) is 7.88. The minimum absolute atomic E-state index is 0.0928. The maximum atomic E-state index is 12.4. The summed E-state index contributed by atoms with van der Waals surface area (Å²) in [7, 11) is 0. The van der Waals surface area contributed by atoms with E-state index < -0.39 is 4.92 Å². The Bertz CT molecular complexity index is 714. The summed E-state index contributed by atoms with van der Waals surface area (Å²) in [5.41, 5.74) is 0.156. The summed E-state index contributed by atoms with van der Waals surface area (Å²) in [5, 5.41) is 11.9. The largest absolute Gasteiger partial charge is 0.298 e. The molecule has 21 heavy (non-hydrogen) atoms. The number of hydrogen-bond donors (Lipinski definition) is 0. The van der Waals surface area contributed by atoms with Crippen LogP contribution in [0.1, 0.15) is 19.8 Å². The van der Waals surface area contributed by atoms with E-state index in [0.29, 0.717) is 18.0 Å². The minimum atomic E-state index is -0.505. The van der Waals surface area contributed by atoms with Crippen molar-refractivity contribution < 1.29 is 4.92 Å². The number of rotatable bonds is 6. The van der Waals surface area contributed by atoms with Gasteiger partial charge in [0.25, 0.3) is 11.2 Å². The zero-order valence-electron chi connectivity index (χ0n) is 11.7. The molecule has 6 nitrogen and oxygen atoms in total. The Hall–Kier alpha value is -1.76. The number of nitro groups is 1. The van der Waals surface area contributed by atoms with Gasteiger partial charge in [0.15, 0.2) is 0 Å². The van der Waals surface area contributed by atoms with Crippen LogP contribution in [0.2, 0.25) is 0 Å². The van der Waals surface area contributed by atoms with Crippen molar-refractivity contribution in [3.05, 3.63) is 45.0 Å². The van der Waals surface area contributed by atoms with Crippen LogP contribution >= 0.6 is 15.9 Å². The van der Waals surface area contributed by atoms with Crippen LogP contribution in [-0.4, -0.2) is 19.8 Å². The Morgan fingerprint density at radius 1 is 1.48 bits per heavy atom. The molecule has 0 aliphatic rings. The highest BCUT2D eigenvalue weighted by Crippen LogP contribution is 2.17. The average Bonchev–Trinajstić information content (AvgIpc) is 2.49. The lowest BCUT2D eigenvalue weighted by molar-refractivity contribution is -0.384. The molecule has 0 saturated heterocycles. The van der Waals surface area contributed by atoms with Crippen molar-refractivity contribution in [2.24, 2.45) is 5.92 Å². The molecule has 0 saturated carbocycles. The van der Waals surface area contributed by atoms with Gasteiger partial charge in [0.1, 0.15) is 0 Å². The molecule has 0 amide bonds. The second-order valence-electron chi connectivity index (χ2n) is 4.97. The van der Waals surface area contributed by atoms with E-state index in [2.05, 4.69) is 27.8 Å². The van der Waals surface area contributed by atoms with Crippen LogP contribution < -0.4 is 5.56 Å². The summed E-state index contributed by atoms with van der Waals surface area (Å²) >= 11 is 3.45. The third-order valence-corrected chi connectivity index (χ3v) is 4.30. The molecule has 1 heterocycles. The van der Waals surface area contributed by atoms with Crippen molar-refractivity contribution in [1.82, 2.24) is 9.55 Å². The summed E-state index contributed by atoms with van der Waals surface area (Å²) in [4.78, 5) is 27.0. The predicted molar refractivity (Wildman–Crippen MR) is 84.8 cm³/mol. The lowest BCUT2D eigenvalue weighted by Crippen LogP contribution is -2.25. The molecule has 0 radical (unpaired) electrons. The number of halogens is 1. The van der Waals surface area contributed by atoms with Crippen LogP contribution in [0.15, 0.2) is 29.3 Å². The SMILES string of the molecule is CCCC(CBr)Cn1cnc2ccc([N+](=O)[O-])cc2c1=O. The lowest BCUT2D eigenvalue weighted by Gasteiger charge is -2.14. The minimum Gasteiger partial charge on any atom is -0.298 e. The molecule has 1 atom stereocenters. The van der Waals surface area contributed by atoms with Crippen LogP contribution in [0.3, 0.4) is 0 Å². The smallest absolute Gasteiger partial charge is 0.270 e. The van der Waals surface area contributed by atoms with Crippen LogP contribution in [0, 0.1) is 16.0 Å². The number of benzene rings is 1. The standard InChI is InChI=1S/C14H16BrN3O3/c1-2-3-10(7-15)8-17-9-16-13-5-4-11(18(20)21)6-12(13)14(17)19/h4-6,9-10H,2-3,7-8H2,1H3. The molecule has 1 unspecified atom stereocenters. The van der Waals surface area contributed by atoms with Gasteiger partial charge < -0.3 is 0 Å². The summed E-state index contributed by atoms with van der Waals surface area (Å²) < 4.78 is 1.54. The third kappa shape index (κ3) is 3.47. The molecule has 2 rings (SSSR count). The van der Waals surface area contributed by atoms with E-state index in [-0.39, 0.29) is 16.6 Å². The second kappa shape index (κ2) is 6.80. The summed E-state index contributed by atoms with van der Waals surface area (Å²) in [6.07, 6.45) is 3.56. The van der Waals surface area contributed by atoms with Crippen LogP contribution in [0.5, 0.6) is 0 Å². The first kappa shape index (κ1) is 15.6. The number of nitrogens with zero attached hydrogens (tertiary/aromatic N) is 3. The lowest BCUT2D eigenvalue weighted by atomic mass is 10.1. The van der Waals surface area contributed by atoms with Gasteiger partial charge in [-0.1, -0.05) is 29.3 Å². The van der Waals surface area contributed by atoms with Crippen molar-refractivity contribution in [1.29, 1.82) is 0 Å². The monoisotopic (exact) mass is 353 g/mol. The number of non-ortho nitro benzene ring substituents is 1. The fourth-order valence-corrected chi connectivity index (χ4v) is 2.82. The Labute approximate surface area is 130 Å². The van der Waals surface area contributed by atoms with Gasteiger partial charge >= 0.3 is 0 Å². The van der Waals surface area contributed by atoms with Crippen LogP contribution in [0.25, 0.3) is 10.9 Å². The molecule has 0 bridgehead atoms. The molecule has 0 aliphatic heterocycles. The van der Waals surface area contributed by atoms with Gasteiger partial charge in [-0.25, -0.2) is 4.98 Å². The van der Waals surface area contributed by atoms with Crippen molar-refractivity contribution in [2.75, 3.05) is 5.33 Å². The molecule has 0 N–H and O–H groups in total. The molecular weight excluding hydrogens is 338 g/mol. The maximum absolute atomic E-state index is 12.4. The van der Waals surface area contributed by atoms with Gasteiger partial charge in [-0.05, 0) is 18.4 Å². The normalized spacial score (nSPS) is 12.5. The van der Waals surface area contributed by atoms with E-state index in [9.17, 15) is 14.9 Å². The van der Waals surface area contributed by atoms with E-state index in [1.54, 1.807) is 0 Å². The van der Waals surface area contributed by atoms with Crippen molar-refractivity contribution in [3.63, 3.8) is 0 Å². The predicted octanol–water partition coefficient (Wildman–Crippen LogP) is 3.12. The third-order valence-electron chi connectivity index (χ3n) is 3.39. The van der Waals surface area contributed by atoms with Gasteiger partial charge in [-0.3, -0.25) is 19.5 Å². The molecule has 0 spiro atoms. The molecule has 2 aromatic rings. The number of alkyl halides is 1. The van der Waals surface area contributed by atoms with Crippen LogP contribution in [0.4, 0.5) is 5.69 Å². The number of aromatic nitrogens is 2. The zero-order valence-corrected chi connectivity index (χ0v) is 13.2. The van der Waals surface area contributed by atoms with Crippen molar-refractivity contribution in [2.45, 2.75) is 26.3 Å². The highest BCUT2D eigenvalue weighted by atomic mass is 79.9. The van der Waals surface area contributed by atoms with Crippen molar-refractivity contribution in [3.8, 4) is 0 Å². The van der Waals surface area contributed by atoms with E-state index >= 15 is 0 Å². The fraction of sp³-hybridized carbons (Fsp3) is 0.429. The highest BCUT2D eigenvalue weighted by Gasteiger charge is 2.13. The number of nitro benzene ring substituents is 1. The van der Waals surface area contributed by atoms with E-state index in [0.717, 1.165) is 18.2 Å². The quantitative estimate of drug-likeness (QED) is 0.454. The van der Waals surface area contributed by atoms with E-state index in [4.69, 9.17) is 0 Å². The van der Waals surface area contributed by atoms with Gasteiger partial charge in [0.2, 0.25) is 0 Å². The molecule has 1 aromatic carbocycles. The van der Waals surface area contributed by atoms with E-state index in [1.165, 1.54) is 29.1 Å². The Morgan fingerprint density at radius 2 is 2.24 bits per heavy atom. The van der Waals surface area contributed by atoms with Crippen LogP contribution in [-0.2, 0) is 6.54 Å². The van der Waals surface area contributed by atoms with Gasteiger partial charge in [-0.15, -0.1) is 0 Å².